The molecule has 0 amide bonds. The van der Waals surface area contributed by atoms with Crippen LogP contribution in [0, 0.1) is 11.6 Å². The third kappa shape index (κ3) is 3.75. The fourth-order valence-electron chi connectivity index (χ4n) is 4.70. The standard InChI is InChI=1S/C25H20F3N5O3/c26-17-4-3-15(14-1-2-16(23(34)35)18(27)11-14)20-19(17)22(30-12-29-20)33-9-5-13(6-10-33)21-31-24(36-32-21)25(28)7-8-25/h1-4,11-13H,5-10H2,(H,34,35). The Labute approximate surface area is 202 Å². The van der Waals surface area contributed by atoms with Crippen LogP contribution in [-0.2, 0) is 5.67 Å². The lowest BCUT2D eigenvalue weighted by Gasteiger charge is -2.32. The molecule has 0 unspecified atom stereocenters. The first-order valence-electron chi connectivity index (χ1n) is 11.6. The van der Waals surface area contributed by atoms with Gasteiger partial charge in [0.2, 0.25) is 0 Å². The third-order valence-corrected chi connectivity index (χ3v) is 6.90. The van der Waals surface area contributed by atoms with Crippen LogP contribution in [0.4, 0.5) is 19.0 Å². The lowest BCUT2D eigenvalue weighted by atomic mass is 9.95. The Morgan fingerprint density at radius 3 is 2.56 bits per heavy atom. The van der Waals surface area contributed by atoms with Gasteiger partial charge in [-0.2, -0.15) is 4.98 Å². The van der Waals surface area contributed by atoms with E-state index in [1.165, 1.54) is 30.6 Å². The molecule has 2 aromatic heterocycles. The number of carboxylic acids is 1. The number of nitrogens with zero attached hydrogens (tertiary/aromatic N) is 5. The summed E-state index contributed by atoms with van der Waals surface area (Å²) in [4.78, 5) is 26.0. The molecule has 1 aliphatic heterocycles. The van der Waals surface area contributed by atoms with Crippen molar-refractivity contribution in [3.8, 4) is 11.1 Å². The van der Waals surface area contributed by atoms with E-state index in [4.69, 9.17) is 9.63 Å². The zero-order valence-corrected chi connectivity index (χ0v) is 18.9. The van der Waals surface area contributed by atoms with Gasteiger partial charge in [0.25, 0.3) is 5.89 Å². The highest BCUT2D eigenvalue weighted by atomic mass is 19.1. The van der Waals surface area contributed by atoms with Gasteiger partial charge < -0.3 is 14.5 Å². The maximum Gasteiger partial charge on any atom is 0.338 e. The topological polar surface area (TPSA) is 105 Å². The highest BCUT2D eigenvalue weighted by Gasteiger charge is 2.50. The number of fused-ring (bicyclic) bond motifs is 1. The Bertz CT molecular complexity index is 1500. The van der Waals surface area contributed by atoms with Crippen molar-refractivity contribution in [1.82, 2.24) is 20.1 Å². The van der Waals surface area contributed by atoms with E-state index in [-0.39, 0.29) is 17.2 Å². The Hall–Kier alpha value is -4.02. The van der Waals surface area contributed by atoms with Gasteiger partial charge in [0.1, 0.15) is 23.8 Å². The summed E-state index contributed by atoms with van der Waals surface area (Å²) < 4.78 is 48.8. The molecule has 1 N–H and O–H groups in total. The number of carboxylic acid groups (broad SMARTS) is 1. The summed E-state index contributed by atoms with van der Waals surface area (Å²) in [5.74, 6) is -1.84. The number of hydrogen-bond donors (Lipinski definition) is 1. The maximum atomic E-state index is 15.1. The molecule has 0 bridgehead atoms. The van der Waals surface area contributed by atoms with Crippen LogP contribution < -0.4 is 4.90 Å². The van der Waals surface area contributed by atoms with E-state index in [1.807, 2.05) is 4.90 Å². The Morgan fingerprint density at radius 1 is 1.08 bits per heavy atom. The zero-order chi connectivity index (χ0) is 25.0. The number of hydrogen-bond acceptors (Lipinski definition) is 7. The van der Waals surface area contributed by atoms with E-state index in [9.17, 15) is 13.6 Å². The van der Waals surface area contributed by atoms with Gasteiger partial charge in [-0.25, -0.2) is 27.9 Å². The van der Waals surface area contributed by atoms with Crippen molar-refractivity contribution in [2.45, 2.75) is 37.3 Å². The van der Waals surface area contributed by atoms with Crippen molar-refractivity contribution in [2.75, 3.05) is 18.0 Å². The van der Waals surface area contributed by atoms with Crippen molar-refractivity contribution in [3.05, 3.63) is 65.6 Å². The van der Waals surface area contributed by atoms with E-state index in [2.05, 4.69) is 20.1 Å². The molecule has 2 aliphatic rings. The molecule has 8 nitrogen and oxygen atoms in total. The molecule has 0 atom stereocenters. The van der Waals surface area contributed by atoms with Gasteiger partial charge in [-0.15, -0.1) is 0 Å². The van der Waals surface area contributed by atoms with Crippen LogP contribution in [0.15, 0.2) is 41.2 Å². The molecular weight excluding hydrogens is 475 g/mol. The number of benzene rings is 2. The monoisotopic (exact) mass is 495 g/mol. The molecule has 36 heavy (non-hydrogen) atoms. The number of alkyl halides is 1. The Balaban J connectivity index is 1.29. The fourth-order valence-corrected chi connectivity index (χ4v) is 4.70. The number of piperidine rings is 1. The lowest BCUT2D eigenvalue weighted by molar-refractivity contribution is 0.0692. The average Bonchev–Trinajstić information content (AvgIpc) is 3.42. The molecule has 2 aromatic carbocycles. The minimum absolute atomic E-state index is 0.00895. The molecule has 1 saturated heterocycles. The largest absolute Gasteiger partial charge is 0.478 e. The summed E-state index contributed by atoms with van der Waals surface area (Å²) in [5, 5.41) is 13.3. The molecule has 0 radical (unpaired) electrons. The van der Waals surface area contributed by atoms with Gasteiger partial charge in [0.05, 0.1) is 16.5 Å². The first-order valence-corrected chi connectivity index (χ1v) is 11.6. The summed E-state index contributed by atoms with van der Waals surface area (Å²) >= 11 is 0. The molecule has 4 aromatic rings. The second-order valence-electron chi connectivity index (χ2n) is 9.20. The Morgan fingerprint density at radius 2 is 1.86 bits per heavy atom. The normalized spacial score (nSPS) is 17.5. The quantitative estimate of drug-likeness (QED) is 0.413. The zero-order valence-electron chi connectivity index (χ0n) is 18.9. The minimum atomic E-state index is -1.47. The van der Waals surface area contributed by atoms with E-state index >= 15 is 4.39 Å². The molecule has 0 spiro atoms. The fraction of sp³-hybridized carbons (Fsp3) is 0.320. The Kier molecular flexibility index (Phi) is 5.16. The molecule has 3 heterocycles. The van der Waals surface area contributed by atoms with Crippen LogP contribution in [0.5, 0.6) is 0 Å². The molecule has 1 aliphatic carbocycles. The van der Waals surface area contributed by atoms with Crippen molar-refractivity contribution < 1.29 is 27.6 Å². The molecule has 184 valence electrons. The number of halogens is 3. The number of anilines is 1. The van der Waals surface area contributed by atoms with Gasteiger partial charge in [-0.1, -0.05) is 11.2 Å². The first-order chi connectivity index (χ1) is 17.3. The highest BCUT2D eigenvalue weighted by Crippen LogP contribution is 2.49. The minimum Gasteiger partial charge on any atom is -0.478 e. The van der Waals surface area contributed by atoms with Gasteiger partial charge in [-0.05, 0) is 55.5 Å². The average molecular weight is 495 g/mol. The van der Waals surface area contributed by atoms with Crippen molar-refractivity contribution in [3.63, 3.8) is 0 Å². The van der Waals surface area contributed by atoms with Crippen LogP contribution in [0.25, 0.3) is 22.0 Å². The molecular formula is C25H20F3N5O3. The maximum absolute atomic E-state index is 15.1. The van der Waals surface area contributed by atoms with Crippen LogP contribution in [0.2, 0.25) is 0 Å². The van der Waals surface area contributed by atoms with E-state index in [0.29, 0.717) is 67.1 Å². The SMILES string of the molecule is O=C(O)c1ccc(-c2ccc(F)c3c(N4CCC(c5noc(C6(F)CC6)n5)CC4)ncnc23)cc1F. The van der Waals surface area contributed by atoms with Crippen molar-refractivity contribution in [2.24, 2.45) is 0 Å². The predicted molar refractivity (Wildman–Crippen MR) is 122 cm³/mol. The van der Waals surface area contributed by atoms with Gasteiger partial charge in [0, 0.05) is 24.6 Å². The second kappa shape index (κ2) is 8.28. The summed E-state index contributed by atoms with van der Waals surface area (Å²) in [6.45, 7) is 1.07. The van der Waals surface area contributed by atoms with E-state index in [0.717, 1.165) is 6.07 Å². The molecule has 1 saturated carbocycles. The molecule has 2 fully saturated rings. The first kappa shape index (κ1) is 22.4. The van der Waals surface area contributed by atoms with Gasteiger partial charge in [0.15, 0.2) is 11.5 Å². The van der Waals surface area contributed by atoms with Crippen molar-refractivity contribution in [1.29, 1.82) is 0 Å². The predicted octanol–water partition coefficient (Wildman–Crippen LogP) is 5.00. The van der Waals surface area contributed by atoms with E-state index in [1.54, 1.807) is 0 Å². The number of aromatic nitrogens is 4. The third-order valence-electron chi connectivity index (χ3n) is 6.90. The molecule has 6 rings (SSSR count). The number of carbonyl (C=O) groups is 1. The highest BCUT2D eigenvalue weighted by molar-refractivity contribution is 6.00. The second-order valence-corrected chi connectivity index (χ2v) is 9.20. The van der Waals surface area contributed by atoms with Crippen molar-refractivity contribution >= 4 is 22.7 Å². The van der Waals surface area contributed by atoms with E-state index < -0.39 is 28.8 Å². The summed E-state index contributed by atoms with van der Waals surface area (Å²) in [5.41, 5.74) is -0.792. The molecule has 11 heteroatoms. The summed E-state index contributed by atoms with van der Waals surface area (Å²) in [7, 11) is 0. The van der Waals surface area contributed by atoms with Crippen LogP contribution in [0.1, 0.15) is 53.7 Å². The summed E-state index contributed by atoms with van der Waals surface area (Å²) in [6.07, 6.45) is 3.42. The summed E-state index contributed by atoms with van der Waals surface area (Å²) in [6, 6.07) is 6.50. The van der Waals surface area contributed by atoms with Gasteiger partial charge in [-0.3, -0.25) is 0 Å². The number of rotatable bonds is 5. The smallest absolute Gasteiger partial charge is 0.338 e. The van der Waals surface area contributed by atoms with Crippen LogP contribution in [-0.4, -0.2) is 44.3 Å². The van der Waals surface area contributed by atoms with Crippen LogP contribution >= 0.6 is 0 Å². The number of aromatic carboxylic acids is 1. The lowest BCUT2D eigenvalue weighted by Crippen LogP contribution is -2.34. The van der Waals surface area contributed by atoms with Gasteiger partial charge >= 0.3 is 5.97 Å². The van der Waals surface area contributed by atoms with Crippen LogP contribution in [0.3, 0.4) is 0 Å².